The molecule has 4 heteroatoms. The van der Waals surface area contributed by atoms with E-state index in [0.29, 0.717) is 13.1 Å². The number of nitrogen functional groups attached to an aromatic ring is 1. The molecule has 1 aliphatic rings. The summed E-state index contributed by atoms with van der Waals surface area (Å²) in [5, 5.41) is 9.13. The fourth-order valence-corrected chi connectivity index (χ4v) is 1.44. The smallest absolute Gasteiger partial charge is 0.152 e. The summed E-state index contributed by atoms with van der Waals surface area (Å²) in [5.41, 5.74) is 7.60. The van der Waals surface area contributed by atoms with E-state index < -0.39 is 0 Å². The minimum Gasteiger partial charge on any atom is -0.396 e. The topological polar surface area (TPSA) is 62.4 Å². The molecule has 4 nitrogen and oxygen atoms in total. The van der Waals surface area contributed by atoms with E-state index in [1.807, 2.05) is 17.9 Å². The van der Waals surface area contributed by atoms with E-state index in [9.17, 15) is 0 Å². The van der Waals surface area contributed by atoms with Crippen LogP contribution in [0, 0.1) is 6.92 Å². The predicted octanol–water partition coefficient (Wildman–Crippen LogP) is 0.153. The Hall–Kier alpha value is -1.29. The second-order valence-electron chi connectivity index (χ2n) is 3.42. The van der Waals surface area contributed by atoms with Crippen LogP contribution in [-0.4, -0.2) is 29.3 Å². The summed E-state index contributed by atoms with van der Waals surface area (Å²) in [6, 6.07) is 1.88. The Bertz CT molecular complexity index is 321. The molecule has 1 saturated heterocycles. The first-order chi connectivity index (χ1) is 6.18. The summed E-state index contributed by atoms with van der Waals surface area (Å²) in [5.74, 6) is 0.797. The van der Waals surface area contributed by atoms with E-state index >= 15 is 0 Å². The van der Waals surface area contributed by atoms with Crippen molar-refractivity contribution in [2.45, 2.75) is 13.0 Å². The number of hydrogen-bond donors (Lipinski definition) is 2. The molecular weight excluding hydrogens is 166 g/mol. The highest BCUT2D eigenvalue weighted by Crippen LogP contribution is 2.26. The quantitative estimate of drug-likeness (QED) is 0.644. The van der Waals surface area contributed by atoms with Crippen LogP contribution in [0.25, 0.3) is 0 Å². The third-order valence-corrected chi connectivity index (χ3v) is 2.35. The molecule has 2 rings (SSSR count). The maximum absolute atomic E-state index is 9.13. The lowest BCUT2D eigenvalue weighted by molar-refractivity contribution is 0.141. The third kappa shape index (κ3) is 1.33. The van der Waals surface area contributed by atoms with Gasteiger partial charge in [-0.25, -0.2) is 4.98 Å². The first-order valence-electron chi connectivity index (χ1n) is 4.32. The molecule has 0 spiro atoms. The summed E-state index contributed by atoms with van der Waals surface area (Å²) in [4.78, 5) is 6.16. The van der Waals surface area contributed by atoms with Crippen molar-refractivity contribution < 1.29 is 5.11 Å². The lowest BCUT2D eigenvalue weighted by atomic mass is 10.1. The van der Waals surface area contributed by atoms with Crippen molar-refractivity contribution in [1.29, 1.82) is 0 Å². The van der Waals surface area contributed by atoms with Gasteiger partial charge in [0.1, 0.15) is 0 Å². The zero-order valence-electron chi connectivity index (χ0n) is 7.57. The molecule has 0 aliphatic carbocycles. The number of aliphatic hydroxyl groups is 1. The highest BCUT2D eigenvalue weighted by molar-refractivity contribution is 5.67. The first-order valence-corrected chi connectivity index (χ1v) is 4.32. The monoisotopic (exact) mass is 179 g/mol. The highest BCUT2D eigenvalue weighted by atomic mass is 16.3. The van der Waals surface area contributed by atoms with Gasteiger partial charge in [0.05, 0.1) is 11.8 Å². The van der Waals surface area contributed by atoms with Gasteiger partial charge in [-0.2, -0.15) is 0 Å². The van der Waals surface area contributed by atoms with Gasteiger partial charge in [-0.3, -0.25) is 0 Å². The zero-order valence-corrected chi connectivity index (χ0v) is 7.57. The van der Waals surface area contributed by atoms with Crippen molar-refractivity contribution in [1.82, 2.24) is 4.98 Å². The van der Waals surface area contributed by atoms with Gasteiger partial charge in [-0.05, 0) is 18.6 Å². The Kier molecular flexibility index (Phi) is 1.84. The van der Waals surface area contributed by atoms with Crippen LogP contribution in [0.4, 0.5) is 11.5 Å². The molecule has 0 aromatic carbocycles. The second-order valence-corrected chi connectivity index (χ2v) is 3.42. The van der Waals surface area contributed by atoms with E-state index in [1.54, 1.807) is 6.20 Å². The number of aromatic nitrogens is 1. The van der Waals surface area contributed by atoms with Crippen molar-refractivity contribution in [3.05, 3.63) is 17.8 Å². The van der Waals surface area contributed by atoms with Crippen LogP contribution in [0.2, 0.25) is 0 Å². The van der Waals surface area contributed by atoms with Gasteiger partial charge in [0.15, 0.2) is 5.82 Å². The van der Waals surface area contributed by atoms with Gasteiger partial charge >= 0.3 is 0 Å². The normalized spacial score (nSPS) is 17.2. The number of rotatable bonds is 1. The molecule has 2 heterocycles. The van der Waals surface area contributed by atoms with Gasteiger partial charge in [0, 0.05) is 19.3 Å². The van der Waals surface area contributed by atoms with E-state index in [2.05, 4.69) is 4.98 Å². The number of β-amino-alcohol motifs (C(OH)–C–C–N with tert-alkyl or cyclic N) is 1. The average Bonchev–Trinajstić information content (AvgIpc) is 2.05. The summed E-state index contributed by atoms with van der Waals surface area (Å²) in [6.45, 7) is 3.23. The Labute approximate surface area is 77.0 Å². The van der Waals surface area contributed by atoms with Crippen molar-refractivity contribution in [3.63, 3.8) is 0 Å². The molecular formula is C9H13N3O. The molecule has 0 unspecified atom stereocenters. The van der Waals surface area contributed by atoms with Gasteiger partial charge in [-0.1, -0.05) is 0 Å². The van der Waals surface area contributed by atoms with Crippen LogP contribution in [0.15, 0.2) is 12.3 Å². The van der Waals surface area contributed by atoms with Gasteiger partial charge < -0.3 is 15.7 Å². The number of hydrogen-bond acceptors (Lipinski definition) is 4. The molecule has 70 valence electrons. The summed E-state index contributed by atoms with van der Waals surface area (Å²) < 4.78 is 0. The van der Waals surface area contributed by atoms with E-state index in [4.69, 9.17) is 10.8 Å². The van der Waals surface area contributed by atoms with Crippen LogP contribution in [0.3, 0.4) is 0 Å². The minimum absolute atomic E-state index is 0.221. The van der Waals surface area contributed by atoms with Crippen LogP contribution < -0.4 is 10.6 Å². The van der Waals surface area contributed by atoms with Crippen molar-refractivity contribution in [2.24, 2.45) is 0 Å². The molecule has 0 bridgehead atoms. The summed E-state index contributed by atoms with van der Waals surface area (Å²) in [7, 11) is 0. The molecule has 3 N–H and O–H groups in total. The lowest BCUT2D eigenvalue weighted by Gasteiger charge is -2.37. The van der Waals surface area contributed by atoms with Crippen molar-refractivity contribution in [3.8, 4) is 0 Å². The number of pyridine rings is 1. The number of aliphatic hydroxyl groups excluding tert-OH is 1. The molecule has 0 saturated carbocycles. The standard InChI is InChI=1S/C9H13N3O/c1-6-2-3-11-9(8(6)10)12-4-7(13)5-12/h2-3,7,13H,4-5,10H2,1H3. The van der Waals surface area contributed by atoms with E-state index in [-0.39, 0.29) is 6.10 Å². The third-order valence-electron chi connectivity index (χ3n) is 2.35. The highest BCUT2D eigenvalue weighted by Gasteiger charge is 2.26. The predicted molar refractivity (Wildman–Crippen MR) is 51.6 cm³/mol. The fourth-order valence-electron chi connectivity index (χ4n) is 1.44. The fraction of sp³-hybridized carbons (Fsp3) is 0.444. The lowest BCUT2D eigenvalue weighted by Crippen LogP contribution is -2.51. The van der Waals surface area contributed by atoms with E-state index in [0.717, 1.165) is 17.1 Å². The first kappa shape index (κ1) is 8.31. The Morgan fingerprint density at radius 3 is 2.92 bits per heavy atom. The number of nitrogens with zero attached hydrogens (tertiary/aromatic N) is 2. The van der Waals surface area contributed by atoms with Crippen molar-refractivity contribution in [2.75, 3.05) is 23.7 Å². The number of nitrogens with two attached hydrogens (primary N) is 1. The van der Waals surface area contributed by atoms with Crippen LogP contribution >= 0.6 is 0 Å². The van der Waals surface area contributed by atoms with E-state index in [1.165, 1.54) is 0 Å². The van der Waals surface area contributed by atoms with Gasteiger partial charge in [0.2, 0.25) is 0 Å². The molecule has 13 heavy (non-hydrogen) atoms. The zero-order chi connectivity index (χ0) is 9.42. The molecule has 1 aromatic rings. The SMILES string of the molecule is Cc1ccnc(N2CC(O)C2)c1N. The Balaban J connectivity index is 2.26. The van der Waals surface area contributed by atoms with Crippen LogP contribution in [0.5, 0.6) is 0 Å². The second kappa shape index (κ2) is 2.88. The van der Waals surface area contributed by atoms with Gasteiger partial charge in [0.25, 0.3) is 0 Å². The maximum Gasteiger partial charge on any atom is 0.152 e. The minimum atomic E-state index is -0.221. The average molecular weight is 179 g/mol. The summed E-state index contributed by atoms with van der Waals surface area (Å²) >= 11 is 0. The van der Waals surface area contributed by atoms with Crippen LogP contribution in [0.1, 0.15) is 5.56 Å². The van der Waals surface area contributed by atoms with Crippen molar-refractivity contribution >= 4 is 11.5 Å². The number of aryl methyl sites for hydroxylation is 1. The molecule has 1 fully saturated rings. The molecule has 0 radical (unpaired) electrons. The number of anilines is 2. The Morgan fingerprint density at radius 1 is 1.62 bits per heavy atom. The molecule has 0 amide bonds. The molecule has 1 aromatic heterocycles. The molecule has 1 aliphatic heterocycles. The maximum atomic E-state index is 9.13. The van der Waals surface area contributed by atoms with Crippen LogP contribution in [-0.2, 0) is 0 Å². The Morgan fingerprint density at radius 2 is 2.31 bits per heavy atom. The molecule has 0 atom stereocenters. The largest absolute Gasteiger partial charge is 0.396 e. The van der Waals surface area contributed by atoms with Gasteiger partial charge in [-0.15, -0.1) is 0 Å². The summed E-state index contributed by atoms with van der Waals surface area (Å²) in [6.07, 6.45) is 1.52.